The molecule has 0 aliphatic carbocycles. The van der Waals surface area contributed by atoms with Crippen LogP contribution in [0.1, 0.15) is 6.42 Å². The third-order valence-corrected chi connectivity index (χ3v) is 3.56. The molecule has 0 aromatic carbocycles. The lowest BCUT2D eigenvalue weighted by atomic mass is 10.1. The van der Waals surface area contributed by atoms with Gasteiger partial charge in [-0.3, -0.25) is 4.79 Å². The number of anilines is 1. The number of carbonyl (C=O) groups excluding carboxylic acids is 1. The molecule has 3 nitrogen and oxygen atoms in total. The number of carbonyl (C=O) groups is 1. The highest BCUT2D eigenvalue weighted by molar-refractivity contribution is 6.34. The number of hydrogen-bond acceptors (Lipinski definition) is 2. The topological polar surface area (TPSA) is 33.2 Å². The van der Waals surface area contributed by atoms with Crippen molar-refractivity contribution in [1.29, 1.82) is 0 Å². The minimum Gasteiger partial charge on any atom is -0.309 e. The Hall–Kier alpha value is -0.580. The van der Waals surface area contributed by atoms with Crippen LogP contribution in [-0.2, 0) is 4.79 Å². The fourth-order valence-electron chi connectivity index (χ4n) is 1.74. The van der Waals surface area contributed by atoms with Gasteiger partial charge in [-0.15, -0.1) is 11.6 Å². The molecule has 2 heterocycles. The van der Waals surface area contributed by atoms with E-state index in [2.05, 4.69) is 4.98 Å². The van der Waals surface area contributed by atoms with E-state index in [1.165, 1.54) is 4.90 Å². The van der Waals surface area contributed by atoms with Crippen molar-refractivity contribution in [2.45, 2.75) is 6.42 Å². The predicted molar refractivity (Wildman–Crippen MR) is 65.4 cm³/mol. The van der Waals surface area contributed by atoms with E-state index in [1.807, 2.05) is 0 Å². The highest BCUT2D eigenvalue weighted by Gasteiger charge is 2.32. The number of hydrogen-bond donors (Lipinski definition) is 0. The Morgan fingerprint density at radius 2 is 2.18 bits per heavy atom. The van der Waals surface area contributed by atoms with Crippen LogP contribution in [-0.4, -0.2) is 23.3 Å². The monoisotopic (exact) mass is 296 g/mol. The average Bonchev–Trinajstić information content (AvgIpc) is 2.65. The first-order chi connectivity index (χ1) is 8.02. The van der Waals surface area contributed by atoms with E-state index >= 15 is 0 Å². The van der Waals surface area contributed by atoms with Crippen molar-refractivity contribution in [1.82, 2.24) is 4.98 Å². The van der Waals surface area contributed by atoms with E-state index in [0.29, 0.717) is 18.8 Å². The van der Waals surface area contributed by atoms with Gasteiger partial charge in [0.05, 0.1) is 5.69 Å². The van der Waals surface area contributed by atoms with Gasteiger partial charge in [0.1, 0.15) is 0 Å². The first-order valence-corrected chi connectivity index (χ1v) is 6.20. The van der Waals surface area contributed by atoms with Gasteiger partial charge in [0.25, 0.3) is 0 Å². The quantitative estimate of drug-likeness (QED) is 0.621. The van der Waals surface area contributed by atoms with Gasteiger partial charge in [0.2, 0.25) is 5.91 Å². The zero-order chi connectivity index (χ0) is 12.6. The molecule has 1 aliphatic rings. The molecule has 0 radical (unpaired) electrons. The molecule has 1 atom stereocenters. The molecule has 1 aromatic heterocycles. The maximum atomic E-state index is 13.3. The van der Waals surface area contributed by atoms with E-state index in [-0.39, 0.29) is 27.8 Å². The van der Waals surface area contributed by atoms with Crippen LogP contribution in [0.25, 0.3) is 0 Å². The molecule has 17 heavy (non-hydrogen) atoms. The molecule has 0 saturated carbocycles. The van der Waals surface area contributed by atoms with Crippen molar-refractivity contribution < 1.29 is 9.18 Å². The van der Waals surface area contributed by atoms with Gasteiger partial charge in [0, 0.05) is 24.9 Å². The molecule has 1 aromatic rings. The fraction of sp³-hybridized carbons (Fsp3) is 0.400. The van der Waals surface area contributed by atoms with Crippen molar-refractivity contribution >= 4 is 46.4 Å². The van der Waals surface area contributed by atoms with Crippen LogP contribution in [0, 0.1) is 11.7 Å². The molecule has 1 fully saturated rings. The molecule has 1 unspecified atom stereocenters. The molecule has 2 rings (SSSR count). The van der Waals surface area contributed by atoms with Gasteiger partial charge in [-0.05, 0) is 5.92 Å². The van der Waals surface area contributed by atoms with E-state index < -0.39 is 5.82 Å². The van der Waals surface area contributed by atoms with Gasteiger partial charge < -0.3 is 4.90 Å². The van der Waals surface area contributed by atoms with Crippen molar-refractivity contribution in [2.24, 2.45) is 5.92 Å². The third kappa shape index (κ3) is 2.49. The number of pyridine rings is 1. The summed E-state index contributed by atoms with van der Waals surface area (Å²) in [4.78, 5) is 16.7. The number of nitrogens with zero attached hydrogens (tertiary/aromatic N) is 2. The maximum absolute atomic E-state index is 13.3. The van der Waals surface area contributed by atoms with Gasteiger partial charge in [-0.25, -0.2) is 9.37 Å². The predicted octanol–water partition coefficient (Wildman–Crippen LogP) is 3.12. The number of amides is 1. The number of aromatic nitrogens is 1. The van der Waals surface area contributed by atoms with Crippen molar-refractivity contribution in [3.8, 4) is 0 Å². The molecule has 1 amide bonds. The highest BCUT2D eigenvalue weighted by Crippen LogP contribution is 2.32. The average molecular weight is 298 g/mol. The van der Waals surface area contributed by atoms with Crippen LogP contribution in [0.15, 0.2) is 6.07 Å². The highest BCUT2D eigenvalue weighted by atomic mass is 35.5. The Morgan fingerprint density at radius 1 is 1.47 bits per heavy atom. The number of alkyl halides is 1. The van der Waals surface area contributed by atoms with Crippen molar-refractivity contribution in [3.05, 3.63) is 22.2 Å². The van der Waals surface area contributed by atoms with Gasteiger partial charge in [-0.1, -0.05) is 23.2 Å². The van der Waals surface area contributed by atoms with Crippen molar-refractivity contribution in [3.63, 3.8) is 0 Å². The summed E-state index contributed by atoms with van der Waals surface area (Å²) in [6.07, 6.45) is 0.337. The molecule has 1 aliphatic heterocycles. The van der Waals surface area contributed by atoms with Crippen LogP contribution >= 0.6 is 34.8 Å². The first kappa shape index (κ1) is 12.9. The molecule has 7 heteroatoms. The summed E-state index contributed by atoms with van der Waals surface area (Å²) in [6.45, 7) is 0.421. The van der Waals surface area contributed by atoms with Gasteiger partial charge in [0.15, 0.2) is 16.1 Å². The zero-order valence-corrected chi connectivity index (χ0v) is 10.9. The lowest BCUT2D eigenvalue weighted by Gasteiger charge is -2.17. The van der Waals surface area contributed by atoms with Crippen LogP contribution < -0.4 is 4.90 Å². The number of halogens is 4. The third-order valence-electron chi connectivity index (χ3n) is 2.58. The van der Waals surface area contributed by atoms with E-state index in [1.54, 1.807) is 0 Å². The minimum atomic E-state index is -0.701. The van der Waals surface area contributed by atoms with Crippen LogP contribution in [0.4, 0.5) is 10.1 Å². The minimum absolute atomic E-state index is 0.0139. The van der Waals surface area contributed by atoms with Crippen LogP contribution in [0.3, 0.4) is 0 Å². The molecule has 0 N–H and O–H groups in total. The Bertz CT molecular complexity index is 469. The second-order valence-corrected chi connectivity index (χ2v) is 4.82. The molecule has 92 valence electrons. The van der Waals surface area contributed by atoms with Crippen molar-refractivity contribution in [2.75, 3.05) is 17.3 Å². The molecular weight excluding hydrogens is 289 g/mol. The van der Waals surface area contributed by atoms with E-state index in [4.69, 9.17) is 34.8 Å². The Labute approximate surface area is 112 Å². The lowest BCUT2D eigenvalue weighted by Crippen LogP contribution is -2.25. The first-order valence-electron chi connectivity index (χ1n) is 4.90. The second-order valence-electron chi connectivity index (χ2n) is 3.80. The summed E-state index contributed by atoms with van der Waals surface area (Å²) < 4.78 is 13.3. The molecule has 0 bridgehead atoms. The largest absolute Gasteiger partial charge is 0.309 e. The van der Waals surface area contributed by atoms with E-state index in [0.717, 1.165) is 6.07 Å². The zero-order valence-electron chi connectivity index (χ0n) is 8.59. The molecule has 0 spiro atoms. The molecular formula is C10H8Cl3FN2O. The summed E-state index contributed by atoms with van der Waals surface area (Å²) in [6, 6.07) is 1.12. The van der Waals surface area contributed by atoms with Crippen LogP contribution in [0.2, 0.25) is 10.3 Å². The fourth-order valence-corrected chi connectivity index (χ4v) is 2.37. The Kier molecular flexibility index (Phi) is 3.76. The normalized spacial score (nSPS) is 20.1. The van der Waals surface area contributed by atoms with Crippen LogP contribution in [0.5, 0.6) is 0 Å². The maximum Gasteiger partial charge on any atom is 0.227 e. The smallest absolute Gasteiger partial charge is 0.227 e. The Morgan fingerprint density at radius 3 is 2.76 bits per heavy atom. The van der Waals surface area contributed by atoms with Gasteiger partial charge in [-0.2, -0.15) is 0 Å². The lowest BCUT2D eigenvalue weighted by molar-refractivity contribution is -0.117. The second kappa shape index (κ2) is 4.96. The Balaban J connectivity index is 2.35. The molecule has 1 saturated heterocycles. The summed E-state index contributed by atoms with van der Waals surface area (Å²) in [5.41, 5.74) is 0.242. The summed E-state index contributed by atoms with van der Waals surface area (Å²) in [5.74, 6) is -0.406. The SMILES string of the molecule is O=C1CC(CCl)CN1c1cc(F)c(Cl)nc1Cl. The summed E-state index contributed by atoms with van der Waals surface area (Å²) >= 11 is 17.0. The van der Waals surface area contributed by atoms with E-state index in [9.17, 15) is 9.18 Å². The number of rotatable bonds is 2. The summed E-state index contributed by atoms with van der Waals surface area (Å²) in [7, 11) is 0. The summed E-state index contributed by atoms with van der Waals surface area (Å²) in [5, 5.41) is -0.292. The standard InChI is InChI=1S/C10H8Cl3FN2O/c11-3-5-1-8(17)16(4-5)7-2-6(14)9(12)15-10(7)13/h2,5H,1,3-4H2. The van der Waals surface area contributed by atoms with Gasteiger partial charge >= 0.3 is 0 Å².